The van der Waals surface area contributed by atoms with Gasteiger partial charge in [0.15, 0.2) is 17.1 Å². The number of pyridine rings is 1. The van der Waals surface area contributed by atoms with Gasteiger partial charge in [0, 0.05) is 31.7 Å². The molecule has 0 radical (unpaired) electrons. The van der Waals surface area contributed by atoms with Crippen molar-refractivity contribution in [2.45, 2.75) is 56.5 Å². The third kappa shape index (κ3) is 3.84. The van der Waals surface area contributed by atoms with Crippen molar-refractivity contribution in [1.29, 1.82) is 0 Å². The number of piperidine rings is 1. The molecule has 1 amide bonds. The van der Waals surface area contributed by atoms with Crippen molar-refractivity contribution in [3.8, 4) is 5.75 Å². The molecular formula is C21H24F3N5O4. The maximum atomic E-state index is 13.3. The quantitative estimate of drug-likeness (QED) is 0.605. The fraction of sp³-hybridized carbons (Fsp3) is 0.619. The zero-order valence-corrected chi connectivity index (χ0v) is 17.7. The van der Waals surface area contributed by atoms with Crippen molar-refractivity contribution in [3.63, 3.8) is 0 Å². The van der Waals surface area contributed by atoms with Crippen molar-refractivity contribution >= 4 is 17.1 Å². The van der Waals surface area contributed by atoms with Crippen molar-refractivity contribution in [2.75, 3.05) is 19.6 Å². The van der Waals surface area contributed by atoms with Crippen LogP contribution in [0.1, 0.15) is 48.2 Å². The molecule has 3 saturated carbocycles. The minimum Gasteiger partial charge on any atom is -0.505 e. The minimum atomic E-state index is -4.81. The maximum Gasteiger partial charge on any atom is 0.434 e. The number of hydrogen-bond acceptors (Lipinski definition) is 7. The first-order valence-corrected chi connectivity index (χ1v) is 11.0. The van der Waals surface area contributed by atoms with Gasteiger partial charge in [-0.15, -0.1) is 0 Å². The Morgan fingerprint density at radius 3 is 2.45 bits per heavy atom. The zero-order valence-electron chi connectivity index (χ0n) is 17.7. The summed E-state index contributed by atoms with van der Waals surface area (Å²) < 4.78 is 40.8. The van der Waals surface area contributed by atoms with Gasteiger partial charge in [0.2, 0.25) is 0 Å². The minimum absolute atomic E-state index is 0.0409. The van der Waals surface area contributed by atoms with Crippen LogP contribution in [-0.2, 0) is 12.7 Å². The number of alkyl halides is 3. The van der Waals surface area contributed by atoms with Crippen LogP contribution in [-0.4, -0.2) is 66.8 Å². The van der Waals surface area contributed by atoms with Crippen LogP contribution in [0, 0.1) is 5.92 Å². The number of likely N-dealkylation sites (tertiary alicyclic amines) is 1. The summed E-state index contributed by atoms with van der Waals surface area (Å²) in [4.78, 5) is 35.5. The highest BCUT2D eigenvalue weighted by atomic mass is 19.4. The summed E-state index contributed by atoms with van der Waals surface area (Å²) in [5, 5.41) is 23.1. The second kappa shape index (κ2) is 7.66. The number of amides is 1. The number of aromatic nitrogens is 3. The Balaban J connectivity index is 1.54. The van der Waals surface area contributed by atoms with E-state index in [-0.39, 0.29) is 18.3 Å². The van der Waals surface area contributed by atoms with Gasteiger partial charge < -0.3 is 20.4 Å². The number of nitrogens with zero attached hydrogens (tertiary/aromatic N) is 4. The van der Waals surface area contributed by atoms with E-state index in [9.17, 15) is 33.0 Å². The lowest BCUT2D eigenvalue weighted by atomic mass is 9.50. The maximum absolute atomic E-state index is 13.3. The molecule has 1 saturated heterocycles. The van der Waals surface area contributed by atoms with E-state index in [1.165, 1.54) is 0 Å². The molecule has 2 aromatic heterocycles. The van der Waals surface area contributed by atoms with Gasteiger partial charge in [-0.25, -0.2) is 9.97 Å². The van der Waals surface area contributed by atoms with Crippen LogP contribution in [0.2, 0.25) is 0 Å². The number of fused-ring (bicyclic) bond motifs is 1. The summed E-state index contributed by atoms with van der Waals surface area (Å²) in [6.45, 7) is 1.61. The number of aliphatic hydroxyl groups excluding tert-OH is 1. The zero-order chi connectivity index (χ0) is 23.5. The molecule has 33 heavy (non-hydrogen) atoms. The fourth-order valence-corrected chi connectivity index (χ4v) is 5.06. The Morgan fingerprint density at radius 1 is 1.21 bits per heavy atom. The topological polar surface area (TPSA) is 121 Å². The molecule has 0 spiro atoms. The number of rotatable bonds is 5. The first-order chi connectivity index (χ1) is 15.6. The number of aliphatic hydroxyl groups is 1. The molecule has 3 N–H and O–H groups in total. The third-order valence-electron chi connectivity index (χ3n) is 7.06. The number of halogens is 3. The van der Waals surface area contributed by atoms with E-state index in [1.807, 2.05) is 4.90 Å². The number of nitrogens with one attached hydrogen (secondary N) is 1. The summed E-state index contributed by atoms with van der Waals surface area (Å²) in [7, 11) is 0. The van der Waals surface area contributed by atoms with E-state index in [0.29, 0.717) is 44.6 Å². The van der Waals surface area contributed by atoms with E-state index >= 15 is 0 Å². The van der Waals surface area contributed by atoms with E-state index in [4.69, 9.17) is 0 Å². The summed E-state index contributed by atoms with van der Waals surface area (Å²) in [6.07, 6.45) is -1.14. The van der Waals surface area contributed by atoms with Crippen LogP contribution in [0.3, 0.4) is 0 Å². The highest BCUT2D eigenvalue weighted by Crippen LogP contribution is 2.57. The van der Waals surface area contributed by atoms with Crippen molar-refractivity contribution < 1.29 is 28.2 Å². The lowest BCUT2D eigenvalue weighted by Gasteiger charge is -2.61. The molecule has 4 fully saturated rings. The molecule has 0 aromatic carbocycles. The van der Waals surface area contributed by atoms with Gasteiger partial charge in [0.1, 0.15) is 11.1 Å². The Bertz CT molecular complexity index is 1160. The molecule has 12 heteroatoms. The second-order valence-corrected chi connectivity index (χ2v) is 9.39. The average molecular weight is 467 g/mol. The Hall–Kier alpha value is -2.73. The molecule has 4 aliphatic rings. The Labute approximate surface area is 186 Å². The molecule has 3 heterocycles. The standard InChI is InChI=1S/C21H24F3N5O4/c22-21(23,24)13-10-25-17-15(26-13)16(31)14(18(32)27-20-7-11(8-20)9-20)19(33)29(17)6-5-28-3-1-12(30)2-4-28/h10-12,30-31H,1-9H2,(H,27,32). The predicted molar refractivity (Wildman–Crippen MR) is 110 cm³/mol. The molecular weight excluding hydrogens is 443 g/mol. The van der Waals surface area contributed by atoms with E-state index < -0.39 is 45.7 Å². The Morgan fingerprint density at radius 2 is 1.88 bits per heavy atom. The largest absolute Gasteiger partial charge is 0.505 e. The average Bonchev–Trinajstić information content (AvgIpc) is 2.70. The second-order valence-electron chi connectivity index (χ2n) is 9.39. The van der Waals surface area contributed by atoms with Gasteiger partial charge >= 0.3 is 6.18 Å². The van der Waals surface area contributed by atoms with Gasteiger partial charge in [0.05, 0.1) is 12.3 Å². The van der Waals surface area contributed by atoms with Crippen LogP contribution in [0.15, 0.2) is 11.0 Å². The van der Waals surface area contributed by atoms with Gasteiger partial charge in [-0.2, -0.15) is 13.2 Å². The summed E-state index contributed by atoms with van der Waals surface area (Å²) in [5.74, 6) is -1.16. The molecule has 2 aromatic rings. The molecule has 1 aliphatic heterocycles. The molecule has 9 nitrogen and oxygen atoms in total. The predicted octanol–water partition coefficient (Wildman–Crippen LogP) is 1.25. The fourth-order valence-electron chi connectivity index (χ4n) is 5.06. The highest BCUT2D eigenvalue weighted by Gasteiger charge is 2.57. The number of hydrogen-bond donors (Lipinski definition) is 3. The first kappa shape index (κ1) is 22.1. The normalized spacial score (nSPS) is 25.5. The molecule has 3 aliphatic carbocycles. The molecule has 0 atom stereocenters. The first-order valence-electron chi connectivity index (χ1n) is 11.0. The molecule has 178 valence electrons. The third-order valence-corrected chi connectivity index (χ3v) is 7.06. The Kier molecular flexibility index (Phi) is 5.12. The summed E-state index contributed by atoms with van der Waals surface area (Å²) >= 11 is 0. The van der Waals surface area contributed by atoms with Crippen molar-refractivity contribution in [2.24, 2.45) is 5.92 Å². The summed E-state index contributed by atoms with van der Waals surface area (Å²) in [6, 6.07) is 0. The van der Waals surface area contributed by atoms with Crippen molar-refractivity contribution in [1.82, 2.24) is 24.8 Å². The van der Waals surface area contributed by atoms with Gasteiger partial charge in [-0.3, -0.25) is 14.2 Å². The smallest absolute Gasteiger partial charge is 0.434 e. The highest BCUT2D eigenvalue weighted by molar-refractivity contribution is 6.01. The van der Waals surface area contributed by atoms with Crippen LogP contribution >= 0.6 is 0 Å². The number of aromatic hydroxyl groups is 1. The van der Waals surface area contributed by atoms with Gasteiger partial charge in [-0.05, 0) is 38.0 Å². The van der Waals surface area contributed by atoms with Crippen LogP contribution in [0.25, 0.3) is 11.2 Å². The SMILES string of the molecule is O=C(NC12CC(C1)C2)c1c(O)c2nc(C(F)(F)F)cnc2n(CCN2CCC(O)CC2)c1=O. The summed E-state index contributed by atoms with van der Waals surface area (Å²) in [5.41, 5.74) is -3.92. The lowest BCUT2D eigenvalue weighted by molar-refractivity contribution is -0.141. The monoisotopic (exact) mass is 467 g/mol. The van der Waals surface area contributed by atoms with Gasteiger partial charge in [-0.1, -0.05) is 0 Å². The molecule has 2 bridgehead atoms. The van der Waals surface area contributed by atoms with Crippen LogP contribution in [0.4, 0.5) is 13.2 Å². The molecule has 6 rings (SSSR count). The number of carbonyl (C=O) groups is 1. The van der Waals surface area contributed by atoms with Crippen LogP contribution < -0.4 is 10.9 Å². The van der Waals surface area contributed by atoms with Crippen molar-refractivity contribution in [3.05, 3.63) is 27.8 Å². The lowest BCUT2D eigenvalue weighted by Crippen LogP contribution is -2.68. The van der Waals surface area contributed by atoms with Gasteiger partial charge in [0.25, 0.3) is 11.5 Å². The number of carbonyl (C=O) groups excluding carboxylic acids is 1. The van der Waals surface area contributed by atoms with Crippen LogP contribution in [0.5, 0.6) is 5.75 Å². The molecule has 0 unspecified atom stereocenters. The van der Waals surface area contributed by atoms with E-state index in [1.54, 1.807) is 0 Å². The van der Waals surface area contributed by atoms with E-state index in [2.05, 4.69) is 15.3 Å². The van der Waals surface area contributed by atoms with E-state index in [0.717, 1.165) is 23.8 Å².